The molecule has 0 bridgehead atoms. The van der Waals surface area contributed by atoms with Crippen LogP contribution >= 0.6 is 0 Å². The molecule has 0 saturated heterocycles. The van der Waals surface area contributed by atoms with E-state index in [1.54, 1.807) is 23.3 Å². The lowest BCUT2D eigenvalue weighted by Gasteiger charge is -2.01. The van der Waals surface area contributed by atoms with Crippen molar-refractivity contribution in [2.24, 2.45) is 0 Å². The fraction of sp³-hybridized carbons (Fsp3) is 0. The molecular formula is C10H8N6. The van der Waals surface area contributed by atoms with E-state index in [-0.39, 0.29) is 0 Å². The van der Waals surface area contributed by atoms with Crippen LogP contribution in [0.1, 0.15) is 0 Å². The van der Waals surface area contributed by atoms with Gasteiger partial charge in [0.1, 0.15) is 12.1 Å². The molecule has 0 aliphatic heterocycles. The van der Waals surface area contributed by atoms with Gasteiger partial charge in [0, 0.05) is 12.4 Å². The number of fused-ring (bicyclic) bond motifs is 1. The molecule has 0 aliphatic carbocycles. The van der Waals surface area contributed by atoms with Crippen molar-refractivity contribution in [3.05, 3.63) is 37.1 Å². The van der Waals surface area contributed by atoms with Gasteiger partial charge in [-0.3, -0.25) is 4.98 Å². The number of hydrogen-bond acceptors (Lipinski definition) is 5. The fourth-order valence-electron chi connectivity index (χ4n) is 1.54. The SMILES string of the molecule is Nc1ncnc2c1cnn2-c1ccncc1. The van der Waals surface area contributed by atoms with Gasteiger partial charge in [0.2, 0.25) is 0 Å². The molecule has 6 heteroatoms. The Balaban J connectivity index is 2.30. The highest BCUT2D eigenvalue weighted by Gasteiger charge is 2.08. The highest BCUT2D eigenvalue weighted by molar-refractivity contribution is 5.85. The zero-order valence-corrected chi connectivity index (χ0v) is 8.28. The van der Waals surface area contributed by atoms with Gasteiger partial charge in [-0.25, -0.2) is 14.6 Å². The van der Waals surface area contributed by atoms with Crippen LogP contribution in [-0.2, 0) is 0 Å². The first kappa shape index (κ1) is 8.78. The second-order valence-corrected chi connectivity index (χ2v) is 3.26. The normalized spacial score (nSPS) is 10.8. The van der Waals surface area contributed by atoms with E-state index in [4.69, 9.17) is 5.73 Å². The molecule has 2 N–H and O–H groups in total. The summed E-state index contributed by atoms with van der Waals surface area (Å²) in [5, 5.41) is 4.98. The minimum atomic E-state index is 0.435. The Kier molecular flexibility index (Phi) is 1.79. The Morgan fingerprint density at radius 2 is 1.94 bits per heavy atom. The lowest BCUT2D eigenvalue weighted by Crippen LogP contribution is -1.98. The molecule has 0 spiro atoms. The molecule has 0 fully saturated rings. The van der Waals surface area contributed by atoms with Crippen LogP contribution in [0, 0.1) is 0 Å². The summed E-state index contributed by atoms with van der Waals surface area (Å²) >= 11 is 0. The Labute approximate surface area is 90.8 Å². The fourth-order valence-corrected chi connectivity index (χ4v) is 1.54. The van der Waals surface area contributed by atoms with Crippen LogP contribution in [-0.4, -0.2) is 24.7 Å². The lowest BCUT2D eigenvalue weighted by molar-refractivity contribution is 0.892. The first-order chi connectivity index (χ1) is 7.86. The zero-order chi connectivity index (χ0) is 11.0. The number of aromatic nitrogens is 5. The Morgan fingerprint density at radius 1 is 1.12 bits per heavy atom. The maximum atomic E-state index is 5.73. The predicted molar refractivity (Wildman–Crippen MR) is 58.9 cm³/mol. The third kappa shape index (κ3) is 1.20. The Hall–Kier alpha value is -2.50. The van der Waals surface area contributed by atoms with Crippen molar-refractivity contribution in [1.82, 2.24) is 24.7 Å². The standard InChI is InChI=1S/C10H8N6/c11-9-8-5-15-16(10(8)14-6-13-9)7-1-3-12-4-2-7/h1-6H,(H2,11,13,14). The number of nitrogens with two attached hydrogens (primary N) is 1. The van der Waals surface area contributed by atoms with Crippen LogP contribution in [0.4, 0.5) is 5.82 Å². The number of anilines is 1. The molecule has 0 amide bonds. The highest BCUT2D eigenvalue weighted by Crippen LogP contribution is 2.18. The monoisotopic (exact) mass is 212 g/mol. The largest absolute Gasteiger partial charge is 0.383 e. The molecular weight excluding hydrogens is 204 g/mol. The summed E-state index contributed by atoms with van der Waals surface area (Å²) in [6.45, 7) is 0. The number of pyridine rings is 1. The van der Waals surface area contributed by atoms with Gasteiger partial charge in [-0.2, -0.15) is 5.10 Å². The Bertz CT molecular complexity index is 630. The van der Waals surface area contributed by atoms with Crippen molar-refractivity contribution in [1.29, 1.82) is 0 Å². The van der Waals surface area contributed by atoms with E-state index in [0.717, 1.165) is 11.1 Å². The molecule has 3 aromatic rings. The van der Waals surface area contributed by atoms with E-state index in [0.29, 0.717) is 11.5 Å². The van der Waals surface area contributed by atoms with Gasteiger partial charge in [-0.15, -0.1) is 0 Å². The van der Waals surface area contributed by atoms with Crippen LogP contribution in [0.15, 0.2) is 37.1 Å². The number of nitrogens with zero attached hydrogens (tertiary/aromatic N) is 5. The molecule has 0 aliphatic rings. The van der Waals surface area contributed by atoms with Gasteiger partial charge in [0.05, 0.1) is 17.3 Å². The van der Waals surface area contributed by atoms with Gasteiger partial charge in [-0.1, -0.05) is 0 Å². The van der Waals surface area contributed by atoms with E-state index in [2.05, 4.69) is 20.1 Å². The molecule has 78 valence electrons. The maximum Gasteiger partial charge on any atom is 0.168 e. The summed E-state index contributed by atoms with van der Waals surface area (Å²) in [7, 11) is 0. The number of rotatable bonds is 1. The van der Waals surface area contributed by atoms with Gasteiger partial charge >= 0.3 is 0 Å². The van der Waals surface area contributed by atoms with E-state index < -0.39 is 0 Å². The van der Waals surface area contributed by atoms with E-state index >= 15 is 0 Å². The van der Waals surface area contributed by atoms with Crippen molar-refractivity contribution in [2.45, 2.75) is 0 Å². The van der Waals surface area contributed by atoms with E-state index in [1.807, 2.05) is 12.1 Å². The summed E-state index contributed by atoms with van der Waals surface area (Å²) in [4.78, 5) is 12.0. The summed E-state index contributed by atoms with van der Waals surface area (Å²) in [5.41, 5.74) is 7.32. The van der Waals surface area contributed by atoms with Gasteiger partial charge < -0.3 is 5.73 Å². The summed E-state index contributed by atoms with van der Waals surface area (Å²) in [5.74, 6) is 0.435. The van der Waals surface area contributed by atoms with E-state index in [1.165, 1.54) is 6.33 Å². The third-order valence-electron chi connectivity index (χ3n) is 2.30. The molecule has 0 unspecified atom stereocenters. The first-order valence-corrected chi connectivity index (χ1v) is 4.71. The maximum absolute atomic E-state index is 5.73. The van der Waals surface area contributed by atoms with E-state index in [9.17, 15) is 0 Å². The minimum Gasteiger partial charge on any atom is -0.383 e. The van der Waals surface area contributed by atoms with Crippen molar-refractivity contribution >= 4 is 16.9 Å². The van der Waals surface area contributed by atoms with Crippen LogP contribution in [0.2, 0.25) is 0 Å². The molecule has 0 saturated carbocycles. The van der Waals surface area contributed by atoms with Crippen molar-refractivity contribution in [3.8, 4) is 5.69 Å². The van der Waals surface area contributed by atoms with Gasteiger partial charge in [-0.05, 0) is 12.1 Å². The number of hydrogen-bond donors (Lipinski definition) is 1. The molecule has 3 heterocycles. The first-order valence-electron chi connectivity index (χ1n) is 4.71. The zero-order valence-electron chi connectivity index (χ0n) is 8.28. The van der Waals surface area contributed by atoms with Crippen molar-refractivity contribution < 1.29 is 0 Å². The topological polar surface area (TPSA) is 82.5 Å². The van der Waals surface area contributed by atoms with Crippen LogP contribution in [0.5, 0.6) is 0 Å². The van der Waals surface area contributed by atoms with Crippen molar-refractivity contribution in [2.75, 3.05) is 5.73 Å². The molecule has 3 aromatic heterocycles. The second-order valence-electron chi connectivity index (χ2n) is 3.26. The minimum absolute atomic E-state index is 0.435. The molecule has 0 radical (unpaired) electrons. The molecule has 16 heavy (non-hydrogen) atoms. The summed E-state index contributed by atoms with van der Waals surface area (Å²) < 4.78 is 1.70. The average Bonchev–Trinajstić information content (AvgIpc) is 2.75. The molecule has 6 nitrogen and oxygen atoms in total. The molecule has 3 rings (SSSR count). The number of nitrogen functional groups attached to an aromatic ring is 1. The van der Waals surface area contributed by atoms with Crippen LogP contribution in [0.3, 0.4) is 0 Å². The quantitative estimate of drug-likeness (QED) is 0.644. The second kappa shape index (κ2) is 3.27. The molecule has 0 atom stereocenters. The third-order valence-corrected chi connectivity index (χ3v) is 2.30. The average molecular weight is 212 g/mol. The van der Waals surface area contributed by atoms with Gasteiger partial charge in [0.15, 0.2) is 5.65 Å². The molecule has 0 aromatic carbocycles. The predicted octanol–water partition coefficient (Wildman–Crippen LogP) is 0.793. The van der Waals surface area contributed by atoms with Gasteiger partial charge in [0.25, 0.3) is 0 Å². The van der Waals surface area contributed by atoms with Crippen LogP contribution in [0.25, 0.3) is 16.7 Å². The van der Waals surface area contributed by atoms with Crippen LogP contribution < -0.4 is 5.73 Å². The lowest BCUT2D eigenvalue weighted by atomic mass is 10.4. The summed E-state index contributed by atoms with van der Waals surface area (Å²) in [6.07, 6.45) is 6.49. The highest BCUT2D eigenvalue weighted by atomic mass is 15.3. The smallest absolute Gasteiger partial charge is 0.168 e. The van der Waals surface area contributed by atoms with Crippen molar-refractivity contribution in [3.63, 3.8) is 0 Å². The summed E-state index contributed by atoms with van der Waals surface area (Å²) in [6, 6.07) is 3.70. The Morgan fingerprint density at radius 3 is 2.75 bits per heavy atom.